The molecule has 4 nitrogen and oxygen atoms in total. The Kier molecular flexibility index (Phi) is 5.68. The van der Waals surface area contributed by atoms with E-state index in [4.69, 9.17) is 21.6 Å². The van der Waals surface area contributed by atoms with Crippen molar-refractivity contribution >= 4 is 33.6 Å². The van der Waals surface area contributed by atoms with E-state index in [1.54, 1.807) is 11.3 Å². The van der Waals surface area contributed by atoms with Gasteiger partial charge in [-0.1, -0.05) is 42.9 Å². The minimum atomic E-state index is 0.529. The fourth-order valence-electron chi connectivity index (χ4n) is 3.75. The van der Waals surface area contributed by atoms with Gasteiger partial charge in [0.25, 0.3) is 0 Å². The van der Waals surface area contributed by atoms with E-state index < -0.39 is 0 Å². The van der Waals surface area contributed by atoms with Crippen LogP contribution >= 0.6 is 22.9 Å². The summed E-state index contributed by atoms with van der Waals surface area (Å²) in [6, 6.07) is 0. The molecule has 2 aromatic rings. The molecular formula is C20H27ClN4S. The number of halogens is 1. The van der Waals surface area contributed by atoms with Crippen LogP contribution < -0.4 is 4.90 Å². The number of hydrogen-bond donors (Lipinski definition) is 0. The van der Waals surface area contributed by atoms with Crippen molar-refractivity contribution in [3.8, 4) is 10.6 Å². The van der Waals surface area contributed by atoms with E-state index in [1.807, 2.05) is 20.8 Å². The summed E-state index contributed by atoms with van der Waals surface area (Å²) in [6.07, 6.45) is 3.34. The first-order valence-electron chi connectivity index (χ1n) is 9.20. The number of allylic oxidation sites excluding steroid dienone is 2. The molecule has 0 saturated carbocycles. The number of nitrogens with zero attached hydrogens (tertiary/aromatic N) is 4. The van der Waals surface area contributed by atoms with Gasteiger partial charge in [0, 0.05) is 13.1 Å². The molecule has 6 heteroatoms. The zero-order valence-corrected chi connectivity index (χ0v) is 18.0. The van der Waals surface area contributed by atoms with Crippen LogP contribution in [0.2, 0.25) is 5.15 Å². The average molecular weight is 391 g/mol. The molecule has 1 aliphatic heterocycles. The van der Waals surface area contributed by atoms with E-state index in [0.717, 1.165) is 51.4 Å². The lowest BCUT2D eigenvalue weighted by atomic mass is 9.92. The quantitative estimate of drug-likeness (QED) is 0.666. The zero-order valence-electron chi connectivity index (χ0n) is 16.4. The molecule has 0 aliphatic carbocycles. The van der Waals surface area contributed by atoms with Crippen molar-refractivity contribution in [3.05, 3.63) is 28.3 Å². The van der Waals surface area contributed by atoms with Crippen LogP contribution in [0.4, 0.5) is 5.13 Å². The third kappa shape index (κ3) is 3.79. The summed E-state index contributed by atoms with van der Waals surface area (Å²) in [5, 5.41) is 1.52. The van der Waals surface area contributed by atoms with E-state index in [-0.39, 0.29) is 0 Å². The Bertz CT molecular complexity index is 833. The molecule has 1 aliphatic rings. The molecule has 0 bridgehead atoms. The number of aryl methyl sites for hydroxylation is 2. The lowest BCUT2D eigenvalue weighted by Crippen LogP contribution is -2.38. The maximum atomic E-state index is 6.54. The highest BCUT2D eigenvalue weighted by atomic mass is 35.5. The van der Waals surface area contributed by atoms with Gasteiger partial charge in [0.1, 0.15) is 5.69 Å². The molecular weight excluding hydrogens is 364 g/mol. The smallest absolute Gasteiger partial charge is 0.187 e. The molecule has 0 aromatic carbocycles. The van der Waals surface area contributed by atoms with Crippen LogP contribution in [0, 0.1) is 25.7 Å². The molecule has 26 heavy (non-hydrogen) atoms. The van der Waals surface area contributed by atoms with E-state index >= 15 is 0 Å². The van der Waals surface area contributed by atoms with E-state index in [2.05, 4.69) is 36.7 Å². The van der Waals surface area contributed by atoms with Gasteiger partial charge < -0.3 is 4.90 Å². The monoisotopic (exact) mass is 390 g/mol. The van der Waals surface area contributed by atoms with Gasteiger partial charge >= 0.3 is 0 Å². The zero-order chi connectivity index (χ0) is 19.0. The molecule has 1 fully saturated rings. The second-order valence-corrected chi connectivity index (χ2v) is 8.87. The average Bonchev–Trinajstić information content (AvgIpc) is 2.95. The highest BCUT2D eigenvalue weighted by Gasteiger charge is 2.26. The van der Waals surface area contributed by atoms with Gasteiger partial charge in [0.05, 0.1) is 22.0 Å². The van der Waals surface area contributed by atoms with Gasteiger partial charge in [-0.25, -0.2) is 9.97 Å². The number of thiazole rings is 1. The lowest BCUT2D eigenvalue weighted by molar-refractivity contribution is 0.356. The third-order valence-corrected chi connectivity index (χ3v) is 6.49. The van der Waals surface area contributed by atoms with Gasteiger partial charge in [0.15, 0.2) is 10.3 Å². The van der Waals surface area contributed by atoms with Crippen LogP contribution in [0.15, 0.2) is 6.08 Å². The summed E-state index contributed by atoms with van der Waals surface area (Å²) in [6.45, 7) is 14.8. The molecule has 1 saturated heterocycles. The van der Waals surface area contributed by atoms with Crippen LogP contribution in [0.3, 0.4) is 0 Å². The van der Waals surface area contributed by atoms with Crippen molar-refractivity contribution in [1.82, 2.24) is 15.0 Å². The second-order valence-electron chi connectivity index (χ2n) is 7.53. The predicted octanol–water partition coefficient (Wildman–Crippen LogP) is 5.78. The number of aromatic nitrogens is 3. The van der Waals surface area contributed by atoms with Crippen molar-refractivity contribution in [3.63, 3.8) is 0 Å². The van der Waals surface area contributed by atoms with Crippen LogP contribution in [0.1, 0.15) is 51.2 Å². The summed E-state index contributed by atoms with van der Waals surface area (Å²) >= 11 is 8.17. The standard InChI is InChI=1S/C20H27ClN4S/c1-7-13(4)16-14(5)22-15(6)17(23-16)18-19(21)24-20(26-18)25-9-11(2)8-12(3)10-25/h7,11-12H,8-10H2,1-6H3/b13-7-. The van der Waals surface area contributed by atoms with Crippen molar-refractivity contribution < 1.29 is 0 Å². The van der Waals surface area contributed by atoms with Gasteiger partial charge in [-0.2, -0.15) is 0 Å². The third-order valence-electron chi connectivity index (χ3n) is 4.98. The summed E-state index contributed by atoms with van der Waals surface area (Å²) in [4.78, 5) is 17.6. The largest absolute Gasteiger partial charge is 0.348 e. The van der Waals surface area contributed by atoms with Crippen LogP contribution in [-0.2, 0) is 0 Å². The highest BCUT2D eigenvalue weighted by molar-refractivity contribution is 7.19. The summed E-state index contributed by atoms with van der Waals surface area (Å²) in [7, 11) is 0. The number of rotatable bonds is 3. The van der Waals surface area contributed by atoms with Crippen molar-refractivity contribution in [1.29, 1.82) is 0 Å². The number of piperidine rings is 1. The van der Waals surface area contributed by atoms with Gasteiger partial charge in [0.2, 0.25) is 0 Å². The van der Waals surface area contributed by atoms with E-state index in [9.17, 15) is 0 Å². The molecule has 2 unspecified atom stereocenters. The SMILES string of the molecule is C/C=C(/C)c1nc(-c2sc(N3CC(C)CC(C)C3)nc2Cl)c(C)nc1C. The minimum absolute atomic E-state index is 0.529. The Balaban J connectivity index is 2.02. The molecule has 3 rings (SSSR count). The summed E-state index contributed by atoms with van der Waals surface area (Å²) in [5.41, 5.74) is 4.74. The molecule has 0 spiro atoms. The lowest BCUT2D eigenvalue weighted by Gasteiger charge is -2.34. The fourth-order valence-corrected chi connectivity index (χ4v) is 5.10. The molecule has 0 radical (unpaired) electrons. The van der Waals surface area contributed by atoms with Crippen molar-refractivity contribution in [2.45, 2.75) is 48.0 Å². The van der Waals surface area contributed by atoms with Crippen LogP contribution in [0.5, 0.6) is 0 Å². The second kappa shape index (κ2) is 7.65. The summed E-state index contributed by atoms with van der Waals surface area (Å²) in [5.74, 6) is 1.35. The topological polar surface area (TPSA) is 41.9 Å². The normalized spacial score (nSPS) is 21.3. The van der Waals surface area contributed by atoms with Gasteiger partial charge in [-0.15, -0.1) is 0 Å². The molecule has 2 atom stereocenters. The Morgan fingerprint density at radius 3 is 2.38 bits per heavy atom. The van der Waals surface area contributed by atoms with Crippen LogP contribution in [-0.4, -0.2) is 28.0 Å². The first-order chi connectivity index (χ1) is 12.3. The van der Waals surface area contributed by atoms with E-state index in [0.29, 0.717) is 17.0 Å². The highest BCUT2D eigenvalue weighted by Crippen LogP contribution is 2.40. The van der Waals surface area contributed by atoms with Crippen LogP contribution in [0.25, 0.3) is 16.1 Å². The number of hydrogen-bond acceptors (Lipinski definition) is 5. The van der Waals surface area contributed by atoms with Gasteiger partial charge in [-0.3, -0.25) is 4.98 Å². The molecule has 0 amide bonds. The maximum absolute atomic E-state index is 6.54. The Labute approximate surface area is 165 Å². The maximum Gasteiger partial charge on any atom is 0.187 e. The first kappa shape index (κ1) is 19.3. The fraction of sp³-hybridized carbons (Fsp3) is 0.550. The summed E-state index contributed by atoms with van der Waals surface area (Å²) < 4.78 is 0. The predicted molar refractivity (Wildman–Crippen MR) is 112 cm³/mol. The Morgan fingerprint density at radius 2 is 1.77 bits per heavy atom. The number of anilines is 1. The Hall–Kier alpha value is -1.46. The molecule has 2 aromatic heterocycles. The van der Waals surface area contributed by atoms with Crippen molar-refractivity contribution in [2.75, 3.05) is 18.0 Å². The van der Waals surface area contributed by atoms with Gasteiger partial charge in [-0.05, 0) is 51.5 Å². The van der Waals surface area contributed by atoms with E-state index in [1.165, 1.54) is 6.42 Å². The van der Waals surface area contributed by atoms with Crippen molar-refractivity contribution in [2.24, 2.45) is 11.8 Å². The molecule has 0 N–H and O–H groups in total. The molecule has 140 valence electrons. The first-order valence-corrected chi connectivity index (χ1v) is 10.4. The molecule has 3 heterocycles. The Morgan fingerprint density at radius 1 is 1.12 bits per heavy atom. The minimum Gasteiger partial charge on any atom is -0.348 e.